The quantitative estimate of drug-likeness (QED) is 0.103. The van der Waals surface area contributed by atoms with Crippen LogP contribution in [0.3, 0.4) is 0 Å². The second-order valence-corrected chi connectivity index (χ2v) is 12.0. The molecule has 1 fully saturated rings. The SMILES string of the molecule is CCCCCCCc1ccc(C2CCC(OCCC[Si](N=C=S)(N=C=S)N=C=S)CC2)cc1. The molecular weight excluding hydrogens is 483 g/mol. The maximum Gasteiger partial charge on any atom is 0.461 e. The van der Waals surface area contributed by atoms with Crippen LogP contribution >= 0.6 is 36.7 Å². The fraction of sp³-hybridized carbons (Fsp3) is 0.640. The fourth-order valence-electron chi connectivity index (χ4n) is 4.47. The summed E-state index contributed by atoms with van der Waals surface area (Å²) in [5.41, 5.74) is 2.95. The predicted octanol–water partition coefficient (Wildman–Crippen LogP) is 7.88. The van der Waals surface area contributed by atoms with Crippen molar-refractivity contribution in [2.45, 2.75) is 95.6 Å². The summed E-state index contributed by atoms with van der Waals surface area (Å²) in [4.78, 5) is 0. The van der Waals surface area contributed by atoms with Gasteiger partial charge in [-0.2, -0.15) is 0 Å². The van der Waals surface area contributed by atoms with Gasteiger partial charge in [-0.25, -0.2) is 14.0 Å². The normalized spacial score (nSPS) is 19.4. The molecule has 1 aromatic rings. The van der Waals surface area contributed by atoms with Crippen LogP contribution in [0.2, 0.25) is 6.04 Å². The van der Waals surface area contributed by atoms with Crippen molar-refractivity contribution in [1.82, 2.24) is 0 Å². The number of ether oxygens (including phenoxy) is 1. The Hall–Kier alpha value is -1.20. The third-order valence-electron chi connectivity index (χ3n) is 6.38. The van der Waals surface area contributed by atoms with Crippen molar-refractivity contribution < 1.29 is 4.74 Å². The first-order valence-electron chi connectivity index (χ1n) is 12.1. The van der Waals surface area contributed by atoms with Gasteiger partial charge in [0, 0.05) is 12.7 Å². The molecule has 0 unspecified atom stereocenters. The third-order valence-corrected chi connectivity index (χ3v) is 9.57. The Bertz CT molecular complexity index is 807. The fourth-order valence-corrected chi connectivity index (χ4v) is 7.33. The number of thiocarbonyl (C=S) groups is 3. The molecule has 0 saturated heterocycles. The summed E-state index contributed by atoms with van der Waals surface area (Å²) in [7, 11) is -2.81. The number of hydrogen-bond donors (Lipinski definition) is 0. The number of nitrogens with zero attached hydrogens (tertiary/aromatic N) is 3. The average Bonchev–Trinajstić information content (AvgIpc) is 2.83. The lowest BCUT2D eigenvalue weighted by Crippen LogP contribution is -2.28. The van der Waals surface area contributed by atoms with E-state index >= 15 is 0 Å². The summed E-state index contributed by atoms with van der Waals surface area (Å²) < 4.78 is 18.6. The van der Waals surface area contributed by atoms with Crippen LogP contribution in [0.1, 0.15) is 88.2 Å². The van der Waals surface area contributed by atoms with Crippen LogP contribution in [0.5, 0.6) is 0 Å². The van der Waals surface area contributed by atoms with Crippen LogP contribution in [0.4, 0.5) is 0 Å². The molecule has 4 nitrogen and oxygen atoms in total. The van der Waals surface area contributed by atoms with Crippen molar-refractivity contribution in [2.75, 3.05) is 6.61 Å². The Morgan fingerprint density at radius 3 is 2.03 bits per heavy atom. The molecule has 0 atom stereocenters. The molecule has 0 N–H and O–H groups in total. The van der Waals surface area contributed by atoms with Crippen LogP contribution in [0.15, 0.2) is 38.2 Å². The highest BCUT2D eigenvalue weighted by Crippen LogP contribution is 2.34. The lowest BCUT2D eigenvalue weighted by molar-refractivity contribution is 0.0250. The van der Waals surface area contributed by atoms with E-state index in [9.17, 15) is 0 Å². The summed E-state index contributed by atoms with van der Waals surface area (Å²) in [6, 6.07) is 9.98. The van der Waals surface area contributed by atoms with E-state index in [-0.39, 0.29) is 0 Å². The second kappa shape index (κ2) is 16.4. The molecule has 0 heterocycles. The molecular formula is C25H35N3OS3Si. The van der Waals surface area contributed by atoms with Gasteiger partial charge in [-0.05, 0) is 98.6 Å². The van der Waals surface area contributed by atoms with Gasteiger partial charge in [0.2, 0.25) is 0 Å². The number of isothiocyanates is 3. The summed E-state index contributed by atoms with van der Waals surface area (Å²) in [6.45, 7) is 2.91. The van der Waals surface area contributed by atoms with Crippen LogP contribution < -0.4 is 0 Å². The average molecular weight is 518 g/mol. The zero-order valence-corrected chi connectivity index (χ0v) is 23.1. The number of benzene rings is 1. The summed E-state index contributed by atoms with van der Waals surface area (Å²) in [5, 5.41) is 7.14. The zero-order chi connectivity index (χ0) is 23.8. The number of unbranched alkanes of at least 4 members (excludes halogenated alkanes) is 4. The summed E-state index contributed by atoms with van der Waals surface area (Å²) in [6.07, 6.45) is 13.5. The molecule has 0 bridgehead atoms. The molecule has 1 aliphatic carbocycles. The topological polar surface area (TPSA) is 46.3 Å². The molecule has 1 aliphatic rings. The molecule has 2 rings (SSSR count). The minimum absolute atomic E-state index is 0.316. The van der Waals surface area contributed by atoms with Crippen molar-refractivity contribution in [2.24, 2.45) is 14.0 Å². The van der Waals surface area contributed by atoms with E-state index in [0.29, 0.717) is 24.7 Å². The minimum atomic E-state index is -2.81. The molecule has 178 valence electrons. The van der Waals surface area contributed by atoms with Gasteiger partial charge in [-0.3, -0.25) is 0 Å². The van der Waals surface area contributed by atoms with Crippen LogP contribution in [-0.2, 0) is 11.2 Å². The Labute approximate surface area is 216 Å². The van der Waals surface area contributed by atoms with Gasteiger partial charge >= 0.3 is 8.56 Å². The largest absolute Gasteiger partial charge is 0.461 e. The minimum Gasteiger partial charge on any atom is -0.378 e. The third kappa shape index (κ3) is 10.3. The maximum absolute atomic E-state index is 6.15. The Morgan fingerprint density at radius 1 is 0.848 bits per heavy atom. The Balaban J connectivity index is 1.71. The lowest BCUT2D eigenvalue weighted by Gasteiger charge is -2.29. The van der Waals surface area contributed by atoms with Gasteiger partial charge in [-0.15, -0.1) is 0 Å². The van der Waals surface area contributed by atoms with Gasteiger partial charge in [0.1, 0.15) is 0 Å². The second-order valence-electron chi connectivity index (χ2n) is 8.74. The Kier molecular flexibility index (Phi) is 14.0. The van der Waals surface area contributed by atoms with Gasteiger partial charge in [0.25, 0.3) is 0 Å². The molecule has 0 aromatic heterocycles. The maximum atomic E-state index is 6.15. The van der Waals surface area contributed by atoms with Gasteiger partial charge in [-0.1, -0.05) is 56.9 Å². The molecule has 0 radical (unpaired) electrons. The van der Waals surface area contributed by atoms with E-state index in [0.717, 1.165) is 19.3 Å². The molecule has 33 heavy (non-hydrogen) atoms. The Morgan fingerprint density at radius 2 is 1.45 bits per heavy atom. The number of rotatable bonds is 15. The van der Waals surface area contributed by atoms with E-state index in [1.165, 1.54) is 62.5 Å². The first-order valence-corrected chi connectivity index (χ1v) is 15.4. The zero-order valence-electron chi connectivity index (χ0n) is 19.6. The van der Waals surface area contributed by atoms with E-state index in [4.69, 9.17) is 41.4 Å². The molecule has 1 aromatic carbocycles. The van der Waals surface area contributed by atoms with Crippen LogP contribution in [0.25, 0.3) is 0 Å². The number of aryl methyl sites for hydroxylation is 1. The standard InChI is InChI=1S/C25H35N3OS3Si/c1-2-3-4-5-6-8-22-9-11-23(12-10-22)24-13-15-25(16-14-24)29-17-7-18-33(26-19-30,27-20-31)28-21-32/h9-12,24-25H,2-8,13-18H2,1H3. The highest BCUT2D eigenvalue weighted by atomic mass is 32.1. The van der Waals surface area contributed by atoms with E-state index < -0.39 is 8.56 Å². The van der Waals surface area contributed by atoms with Crippen molar-refractivity contribution in [3.05, 3.63) is 35.4 Å². The van der Waals surface area contributed by atoms with Crippen LogP contribution in [0, 0.1) is 0 Å². The van der Waals surface area contributed by atoms with Crippen molar-refractivity contribution in [3.8, 4) is 0 Å². The van der Waals surface area contributed by atoms with Gasteiger partial charge < -0.3 is 4.74 Å². The smallest absolute Gasteiger partial charge is 0.378 e. The van der Waals surface area contributed by atoms with E-state index in [2.05, 4.69) is 60.6 Å². The highest BCUT2D eigenvalue weighted by Gasteiger charge is 2.34. The molecule has 8 heteroatoms. The van der Waals surface area contributed by atoms with E-state index in [1.54, 1.807) is 0 Å². The van der Waals surface area contributed by atoms with Gasteiger partial charge in [0.15, 0.2) is 0 Å². The first kappa shape index (κ1) is 28.0. The summed E-state index contributed by atoms with van der Waals surface area (Å²) in [5.74, 6) is 0.647. The highest BCUT2D eigenvalue weighted by molar-refractivity contribution is 7.78. The monoisotopic (exact) mass is 517 g/mol. The van der Waals surface area contributed by atoms with Crippen molar-refractivity contribution in [1.29, 1.82) is 0 Å². The first-order chi connectivity index (χ1) is 16.2. The molecule has 1 saturated carbocycles. The predicted molar refractivity (Wildman–Crippen MR) is 150 cm³/mol. The summed E-state index contributed by atoms with van der Waals surface area (Å²) >= 11 is 14.2. The van der Waals surface area contributed by atoms with Gasteiger partial charge in [0.05, 0.1) is 21.6 Å². The van der Waals surface area contributed by atoms with Crippen molar-refractivity contribution >= 4 is 60.7 Å². The van der Waals surface area contributed by atoms with E-state index in [1.807, 2.05) is 0 Å². The van der Waals surface area contributed by atoms with Crippen LogP contribution in [-0.4, -0.2) is 36.8 Å². The number of hydrogen-bond acceptors (Lipinski definition) is 7. The molecule has 0 spiro atoms. The lowest BCUT2D eigenvalue weighted by atomic mass is 9.82. The molecule has 0 amide bonds. The molecule has 0 aliphatic heterocycles. The van der Waals surface area contributed by atoms with Crippen molar-refractivity contribution in [3.63, 3.8) is 0 Å².